The van der Waals surface area contributed by atoms with Crippen LogP contribution >= 0.6 is 11.6 Å². The average Bonchev–Trinajstić information content (AvgIpc) is 3.21. The van der Waals surface area contributed by atoms with Crippen molar-refractivity contribution in [2.75, 3.05) is 17.2 Å². The fourth-order valence-corrected chi connectivity index (χ4v) is 3.51. The van der Waals surface area contributed by atoms with E-state index in [1.54, 1.807) is 22.9 Å². The van der Waals surface area contributed by atoms with Crippen molar-refractivity contribution in [3.05, 3.63) is 64.9 Å². The molecule has 2 aromatic carbocycles. The lowest BCUT2D eigenvalue weighted by Gasteiger charge is -2.24. The average molecular weight is 426 g/mol. The third-order valence-corrected chi connectivity index (χ3v) is 5.14. The number of ether oxygens (including phenoxy) is 1. The molecule has 0 bridgehead atoms. The first-order valence-corrected chi connectivity index (χ1v) is 9.91. The molecule has 2 heterocycles. The van der Waals surface area contributed by atoms with Crippen molar-refractivity contribution < 1.29 is 14.3 Å². The van der Waals surface area contributed by atoms with Crippen LogP contribution in [0.2, 0.25) is 5.02 Å². The maximum Gasteiger partial charge on any atom is 0.262 e. The fourth-order valence-electron chi connectivity index (χ4n) is 3.27. The highest BCUT2D eigenvalue weighted by Gasteiger charge is 2.28. The van der Waals surface area contributed by atoms with Gasteiger partial charge in [0.1, 0.15) is 12.1 Å². The van der Waals surface area contributed by atoms with Crippen LogP contribution in [0.4, 0.5) is 11.6 Å². The van der Waals surface area contributed by atoms with E-state index in [1.807, 2.05) is 24.3 Å². The number of benzene rings is 2. The van der Waals surface area contributed by atoms with Gasteiger partial charge in [0.15, 0.2) is 6.61 Å². The zero-order chi connectivity index (χ0) is 21.1. The van der Waals surface area contributed by atoms with Crippen molar-refractivity contribution in [1.82, 2.24) is 14.8 Å². The molecule has 1 aliphatic rings. The van der Waals surface area contributed by atoms with Crippen LogP contribution in [0, 0.1) is 0 Å². The number of aryl methyl sites for hydroxylation is 1. The first-order valence-electron chi connectivity index (χ1n) is 9.54. The van der Waals surface area contributed by atoms with Gasteiger partial charge in [0.25, 0.3) is 5.91 Å². The Balaban J connectivity index is 1.40. The Kier molecular flexibility index (Phi) is 5.67. The zero-order valence-corrected chi connectivity index (χ0v) is 17.0. The molecule has 154 valence electrons. The molecule has 0 aliphatic carbocycles. The van der Waals surface area contributed by atoms with Crippen LogP contribution in [0.15, 0.2) is 48.8 Å². The third kappa shape index (κ3) is 4.28. The van der Waals surface area contributed by atoms with Crippen molar-refractivity contribution >= 4 is 35.1 Å². The number of carbonyl (C=O) groups is 2. The Morgan fingerprint density at radius 1 is 1.30 bits per heavy atom. The zero-order valence-electron chi connectivity index (χ0n) is 16.3. The maximum atomic E-state index is 12.2. The monoisotopic (exact) mass is 425 g/mol. The smallest absolute Gasteiger partial charge is 0.262 e. The number of hydrogen-bond donors (Lipinski definition) is 2. The quantitative estimate of drug-likeness (QED) is 0.630. The van der Waals surface area contributed by atoms with Crippen molar-refractivity contribution in [3.8, 4) is 5.75 Å². The largest absolute Gasteiger partial charge is 0.482 e. The molecular weight excluding hydrogens is 406 g/mol. The number of rotatable bonds is 6. The highest BCUT2D eigenvalue weighted by molar-refractivity contribution is 6.32. The molecule has 1 aliphatic heterocycles. The van der Waals surface area contributed by atoms with Gasteiger partial charge in [-0.15, -0.1) is 0 Å². The molecule has 2 amide bonds. The Hall–Kier alpha value is -3.39. The van der Waals surface area contributed by atoms with Crippen LogP contribution in [-0.2, 0) is 16.0 Å². The normalized spacial score (nSPS) is 15.3. The minimum Gasteiger partial charge on any atom is -0.482 e. The molecule has 8 nitrogen and oxygen atoms in total. The number of anilines is 2. The summed E-state index contributed by atoms with van der Waals surface area (Å²) in [5.41, 5.74) is 2.71. The van der Waals surface area contributed by atoms with Crippen molar-refractivity contribution in [3.63, 3.8) is 0 Å². The number of nitrogens with zero attached hydrogens (tertiary/aromatic N) is 3. The summed E-state index contributed by atoms with van der Waals surface area (Å²) in [6.07, 6.45) is 2.56. The van der Waals surface area contributed by atoms with E-state index in [4.69, 9.17) is 16.3 Å². The standard InChI is InChI=1S/C21H20ClN5O3/c1-2-13-3-6-15(7-4-13)25-20(29)11-30-18-8-5-14(9-16(18)22)17-10-19(28)26-21-23-12-24-27(17)21/h3-9,12,17H,2,10-11H2,1H3,(H,25,29)(H,23,24,26,28)/t17-/m0/s1. The molecule has 1 aromatic heterocycles. The van der Waals surface area contributed by atoms with E-state index >= 15 is 0 Å². The van der Waals surface area contributed by atoms with Gasteiger partial charge in [0, 0.05) is 5.69 Å². The van der Waals surface area contributed by atoms with Gasteiger partial charge in [0.2, 0.25) is 11.9 Å². The fraction of sp³-hybridized carbons (Fsp3) is 0.238. The Labute approximate surface area is 178 Å². The van der Waals surface area contributed by atoms with E-state index < -0.39 is 0 Å². The van der Waals surface area contributed by atoms with E-state index in [0.717, 1.165) is 12.0 Å². The van der Waals surface area contributed by atoms with E-state index in [2.05, 4.69) is 27.6 Å². The summed E-state index contributed by atoms with van der Waals surface area (Å²) in [6, 6.07) is 12.6. The Morgan fingerprint density at radius 2 is 2.10 bits per heavy atom. The van der Waals surface area contributed by atoms with Crippen LogP contribution in [0.1, 0.15) is 30.5 Å². The van der Waals surface area contributed by atoms with Crippen molar-refractivity contribution in [1.29, 1.82) is 0 Å². The molecule has 0 saturated carbocycles. The number of amides is 2. The minimum atomic E-state index is -0.308. The highest BCUT2D eigenvalue weighted by Crippen LogP contribution is 2.33. The second kappa shape index (κ2) is 8.54. The van der Waals surface area contributed by atoms with Gasteiger partial charge in [-0.3, -0.25) is 14.9 Å². The van der Waals surface area contributed by atoms with Crippen molar-refractivity contribution in [2.24, 2.45) is 0 Å². The summed E-state index contributed by atoms with van der Waals surface area (Å²) in [5.74, 6) is 0.364. The maximum absolute atomic E-state index is 12.2. The number of nitrogens with one attached hydrogen (secondary N) is 2. The summed E-state index contributed by atoms with van der Waals surface area (Å²) in [7, 11) is 0. The lowest BCUT2D eigenvalue weighted by atomic mass is 10.0. The van der Waals surface area contributed by atoms with E-state index in [1.165, 1.54) is 11.9 Å². The van der Waals surface area contributed by atoms with Gasteiger partial charge in [-0.05, 0) is 41.8 Å². The molecule has 0 saturated heterocycles. The van der Waals surface area contributed by atoms with Crippen LogP contribution in [0.3, 0.4) is 0 Å². The van der Waals surface area contributed by atoms with Gasteiger partial charge in [-0.2, -0.15) is 10.1 Å². The van der Waals surface area contributed by atoms with Gasteiger partial charge in [-0.25, -0.2) is 4.68 Å². The molecule has 0 radical (unpaired) electrons. The first-order chi connectivity index (χ1) is 14.5. The number of carbonyl (C=O) groups excluding carboxylic acids is 2. The van der Waals surface area contributed by atoms with Gasteiger partial charge in [-0.1, -0.05) is 36.7 Å². The second-order valence-corrected chi connectivity index (χ2v) is 7.28. The molecule has 2 N–H and O–H groups in total. The second-order valence-electron chi connectivity index (χ2n) is 6.87. The molecule has 0 fully saturated rings. The predicted molar refractivity (Wildman–Crippen MR) is 113 cm³/mol. The lowest BCUT2D eigenvalue weighted by molar-refractivity contribution is -0.118. The Morgan fingerprint density at radius 3 is 2.83 bits per heavy atom. The molecule has 1 atom stereocenters. The van der Waals surface area contributed by atoms with Crippen LogP contribution in [0.5, 0.6) is 5.75 Å². The summed E-state index contributed by atoms with van der Waals surface area (Å²) >= 11 is 6.36. The molecule has 4 rings (SSSR count). The molecular formula is C21H20ClN5O3. The summed E-state index contributed by atoms with van der Waals surface area (Å²) in [6.45, 7) is 1.90. The SMILES string of the molecule is CCc1ccc(NC(=O)COc2ccc([C@@H]3CC(=O)Nc4ncnn43)cc2Cl)cc1. The first kappa shape index (κ1) is 19.9. The molecule has 0 unspecified atom stereocenters. The van der Waals surface area contributed by atoms with Crippen molar-refractivity contribution in [2.45, 2.75) is 25.8 Å². The van der Waals surface area contributed by atoms with Gasteiger partial charge < -0.3 is 10.1 Å². The van der Waals surface area contributed by atoms with Crippen LogP contribution < -0.4 is 15.4 Å². The summed E-state index contributed by atoms with van der Waals surface area (Å²) in [4.78, 5) is 28.1. The number of halogens is 1. The van der Waals surface area contributed by atoms with E-state index in [0.29, 0.717) is 22.4 Å². The number of hydrogen-bond acceptors (Lipinski definition) is 5. The van der Waals surface area contributed by atoms with Gasteiger partial charge in [0.05, 0.1) is 17.5 Å². The Bertz CT molecular complexity index is 1080. The predicted octanol–water partition coefficient (Wildman–Crippen LogP) is 3.44. The van der Waals surface area contributed by atoms with Crippen LogP contribution in [-0.4, -0.2) is 33.2 Å². The molecule has 3 aromatic rings. The lowest BCUT2D eigenvalue weighted by Crippen LogP contribution is -2.29. The number of aromatic nitrogens is 3. The summed E-state index contributed by atoms with van der Waals surface area (Å²) < 4.78 is 7.22. The van der Waals surface area contributed by atoms with Crippen LogP contribution in [0.25, 0.3) is 0 Å². The van der Waals surface area contributed by atoms with E-state index in [9.17, 15) is 9.59 Å². The highest BCUT2D eigenvalue weighted by atomic mass is 35.5. The molecule has 9 heteroatoms. The summed E-state index contributed by atoms with van der Waals surface area (Å²) in [5, 5.41) is 9.98. The minimum absolute atomic E-state index is 0.138. The van der Waals surface area contributed by atoms with Gasteiger partial charge >= 0.3 is 0 Å². The molecule has 0 spiro atoms. The van der Waals surface area contributed by atoms with E-state index in [-0.39, 0.29) is 30.9 Å². The number of fused-ring (bicyclic) bond motifs is 1. The third-order valence-electron chi connectivity index (χ3n) is 4.84. The topological polar surface area (TPSA) is 98.1 Å². The molecule has 30 heavy (non-hydrogen) atoms.